The molecule has 0 spiro atoms. The Labute approximate surface area is 224 Å². The fourth-order valence-corrected chi connectivity index (χ4v) is 5.19. The smallest absolute Gasteiger partial charge is 0.337 e. The number of nitrogens with zero attached hydrogens (tertiary/aromatic N) is 4. The lowest BCUT2D eigenvalue weighted by atomic mass is 9.95. The maximum atomic E-state index is 12.8. The number of nitrogens with one attached hydrogen (secondary N) is 1. The average Bonchev–Trinajstić information content (AvgIpc) is 3.09. The molecule has 10 nitrogen and oxygen atoms in total. The van der Waals surface area contributed by atoms with Crippen LogP contribution in [-0.2, 0) is 14.1 Å². The van der Waals surface area contributed by atoms with E-state index in [9.17, 15) is 14.7 Å². The van der Waals surface area contributed by atoms with Crippen molar-refractivity contribution in [3.05, 3.63) is 57.0 Å². The molecular formula is C26H33BrN6O4. The van der Waals surface area contributed by atoms with Crippen LogP contribution < -0.4 is 21.3 Å². The number of likely N-dealkylation sites (tertiary alicyclic amines) is 1. The van der Waals surface area contributed by atoms with Gasteiger partial charge in [0, 0.05) is 43.4 Å². The summed E-state index contributed by atoms with van der Waals surface area (Å²) in [4.78, 5) is 26.7. The molecule has 1 atom stereocenters. The topological polar surface area (TPSA) is 128 Å². The van der Waals surface area contributed by atoms with Crippen molar-refractivity contribution in [2.24, 2.45) is 14.1 Å². The first-order valence-corrected chi connectivity index (χ1v) is 13.0. The maximum Gasteiger partial charge on any atom is 0.337 e. The predicted molar refractivity (Wildman–Crippen MR) is 147 cm³/mol. The molecule has 1 unspecified atom stereocenters. The van der Waals surface area contributed by atoms with Crippen molar-refractivity contribution in [1.29, 1.82) is 0 Å². The van der Waals surface area contributed by atoms with E-state index in [1.807, 2.05) is 18.2 Å². The van der Waals surface area contributed by atoms with Crippen LogP contribution in [0, 0.1) is 0 Å². The van der Waals surface area contributed by atoms with Crippen LogP contribution in [0.5, 0.6) is 5.88 Å². The molecule has 0 amide bonds. The Morgan fingerprint density at radius 1 is 1.27 bits per heavy atom. The Kier molecular flexibility index (Phi) is 7.93. The number of carboxylic acids is 1. The number of anilines is 2. The molecule has 0 radical (unpaired) electrons. The van der Waals surface area contributed by atoms with Crippen LogP contribution >= 0.6 is 15.9 Å². The molecule has 0 saturated carbocycles. The minimum absolute atomic E-state index is 0.0225. The lowest BCUT2D eigenvalue weighted by molar-refractivity contribution is 0.0696. The summed E-state index contributed by atoms with van der Waals surface area (Å²) in [6, 6.07) is 7.20. The molecule has 4 N–H and O–H groups in total. The molecule has 1 aliphatic rings. The Morgan fingerprint density at radius 3 is 2.81 bits per heavy atom. The van der Waals surface area contributed by atoms with Crippen molar-refractivity contribution in [3.8, 4) is 17.0 Å². The van der Waals surface area contributed by atoms with Crippen molar-refractivity contribution in [3.63, 3.8) is 0 Å². The number of benzene rings is 1. The molecular weight excluding hydrogens is 540 g/mol. The van der Waals surface area contributed by atoms with Gasteiger partial charge in [-0.2, -0.15) is 5.10 Å². The average molecular weight is 573 g/mol. The van der Waals surface area contributed by atoms with Crippen molar-refractivity contribution >= 4 is 33.3 Å². The summed E-state index contributed by atoms with van der Waals surface area (Å²) in [6.07, 6.45) is 6.04. The number of rotatable bonds is 8. The van der Waals surface area contributed by atoms with Crippen molar-refractivity contribution in [1.82, 2.24) is 19.2 Å². The number of nitrogens with two attached hydrogens (primary N) is 1. The van der Waals surface area contributed by atoms with E-state index in [1.165, 1.54) is 30.1 Å². The summed E-state index contributed by atoms with van der Waals surface area (Å²) in [5.74, 6) is -0.678. The normalized spacial score (nSPS) is 18.4. The molecule has 1 saturated heterocycles. The van der Waals surface area contributed by atoms with Crippen LogP contribution in [0.15, 0.2) is 45.9 Å². The fourth-order valence-electron chi connectivity index (χ4n) is 4.83. The molecule has 0 aliphatic carbocycles. The summed E-state index contributed by atoms with van der Waals surface area (Å²) in [6.45, 7) is 5.07. The fraction of sp³-hybridized carbons (Fsp3) is 0.423. The van der Waals surface area contributed by atoms with E-state index in [1.54, 1.807) is 11.7 Å². The second kappa shape index (κ2) is 11.0. The van der Waals surface area contributed by atoms with E-state index in [2.05, 4.69) is 38.2 Å². The number of hydrogen-bond acceptors (Lipinski definition) is 7. The first kappa shape index (κ1) is 26.7. The number of aryl methyl sites for hydroxylation is 2. The van der Waals surface area contributed by atoms with E-state index >= 15 is 0 Å². The number of halogens is 1. The van der Waals surface area contributed by atoms with Crippen LogP contribution in [0.1, 0.15) is 36.5 Å². The lowest BCUT2D eigenvalue weighted by Gasteiger charge is -2.35. The van der Waals surface area contributed by atoms with Crippen molar-refractivity contribution < 1.29 is 14.6 Å². The number of aromatic carboxylic acids is 1. The minimum atomic E-state index is -1.11. The minimum Gasteiger partial charge on any atom is -0.478 e. The Bertz CT molecular complexity index is 1350. The molecule has 1 fully saturated rings. The van der Waals surface area contributed by atoms with Crippen LogP contribution in [0.4, 0.5) is 11.4 Å². The number of pyridine rings is 1. The summed E-state index contributed by atoms with van der Waals surface area (Å²) >= 11 is 3.53. The molecule has 11 heteroatoms. The SMILES string of the molecule is Cn1ncc(-c2cc(C(=O)O)cn(C)c2=O)c1OCCN1CCCCC(C)(Nc2cc(Br)ccc2N)C1. The summed E-state index contributed by atoms with van der Waals surface area (Å²) < 4.78 is 9.94. The van der Waals surface area contributed by atoms with Crippen LogP contribution in [0.25, 0.3) is 11.1 Å². The van der Waals surface area contributed by atoms with Gasteiger partial charge >= 0.3 is 5.97 Å². The number of carbonyl (C=O) groups is 1. The van der Waals surface area contributed by atoms with Gasteiger partial charge in [0.05, 0.1) is 34.3 Å². The second-order valence-electron chi connectivity index (χ2n) is 9.85. The van der Waals surface area contributed by atoms with Crippen molar-refractivity contribution in [2.45, 2.75) is 31.7 Å². The summed E-state index contributed by atoms with van der Waals surface area (Å²) in [5, 5.41) is 17.4. The van der Waals surface area contributed by atoms with Crippen LogP contribution in [0.3, 0.4) is 0 Å². The Morgan fingerprint density at radius 2 is 2.05 bits per heavy atom. The van der Waals surface area contributed by atoms with E-state index in [0.29, 0.717) is 30.3 Å². The molecule has 37 heavy (non-hydrogen) atoms. The first-order chi connectivity index (χ1) is 17.6. The number of aromatic nitrogens is 3. The molecule has 4 rings (SSSR count). The van der Waals surface area contributed by atoms with Gasteiger partial charge in [-0.25, -0.2) is 9.48 Å². The molecule has 1 aromatic carbocycles. The monoisotopic (exact) mass is 572 g/mol. The highest BCUT2D eigenvalue weighted by atomic mass is 79.9. The number of carboxylic acid groups (broad SMARTS) is 1. The van der Waals surface area contributed by atoms with Gasteiger partial charge in [-0.15, -0.1) is 0 Å². The van der Waals surface area contributed by atoms with Gasteiger partial charge in [-0.05, 0) is 57.0 Å². The third kappa shape index (κ3) is 6.16. The Balaban J connectivity index is 1.47. The van der Waals surface area contributed by atoms with Gasteiger partial charge in [-0.3, -0.25) is 9.69 Å². The van der Waals surface area contributed by atoms with E-state index in [4.69, 9.17) is 10.5 Å². The highest BCUT2D eigenvalue weighted by molar-refractivity contribution is 9.10. The number of hydrogen-bond donors (Lipinski definition) is 3. The highest BCUT2D eigenvalue weighted by Gasteiger charge is 2.30. The quantitative estimate of drug-likeness (QED) is 0.349. The molecule has 2 aromatic heterocycles. The van der Waals surface area contributed by atoms with Gasteiger partial charge < -0.3 is 25.5 Å². The zero-order valence-corrected chi connectivity index (χ0v) is 22.9. The Hall–Kier alpha value is -3.31. The van der Waals surface area contributed by atoms with Crippen LogP contribution in [-0.4, -0.2) is 62.1 Å². The highest BCUT2D eigenvalue weighted by Crippen LogP contribution is 2.31. The molecule has 198 valence electrons. The molecule has 0 bridgehead atoms. The molecule has 3 heterocycles. The van der Waals surface area contributed by atoms with Gasteiger partial charge in [0.2, 0.25) is 5.88 Å². The number of nitrogen functional groups attached to an aromatic ring is 1. The van der Waals surface area contributed by atoms with Gasteiger partial charge in [0.25, 0.3) is 5.56 Å². The first-order valence-electron chi connectivity index (χ1n) is 12.2. The predicted octanol–water partition coefficient (Wildman–Crippen LogP) is 3.56. The summed E-state index contributed by atoms with van der Waals surface area (Å²) in [5.41, 5.74) is 8.10. The van der Waals surface area contributed by atoms with Crippen molar-refractivity contribution in [2.75, 3.05) is 37.3 Å². The van der Waals surface area contributed by atoms with E-state index in [0.717, 1.165) is 42.5 Å². The van der Waals surface area contributed by atoms with Gasteiger partial charge in [0.1, 0.15) is 6.61 Å². The van der Waals surface area contributed by atoms with Crippen LogP contribution in [0.2, 0.25) is 0 Å². The third-order valence-corrected chi connectivity index (χ3v) is 7.22. The second-order valence-corrected chi connectivity index (χ2v) is 10.8. The van der Waals surface area contributed by atoms with E-state index < -0.39 is 5.97 Å². The zero-order chi connectivity index (χ0) is 26.7. The van der Waals surface area contributed by atoms with Gasteiger partial charge in [0.15, 0.2) is 0 Å². The molecule has 1 aliphatic heterocycles. The van der Waals surface area contributed by atoms with Gasteiger partial charge in [-0.1, -0.05) is 15.9 Å². The number of ether oxygens (including phenoxy) is 1. The van der Waals surface area contributed by atoms with E-state index in [-0.39, 0.29) is 22.2 Å². The largest absolute Gasteiger partial charge is 0.478 e. The standard InChI is InChI=1S/C26H33BrN6O4/c1-26(30-22-13-18(27)6-7-21(22)28)8-4-5-9-33(16-26)10-11-37-24-20(14-29-32(24)3)19-12-17(25(35)36)15-31(2)23(19)34/h6-7,12-15,30H,4-5,8-11,16,28H2,1-3H3,(H,35,36). The maximum absolute atomic E-state index is 12.8. The zero-order valence-electron chi connectivity index (χ0n) is 21.3. The third-order valence-electron chi connectivity index (χ3n) is 6.73. The lowest BCUT2D eigenvalue weighted by Crippen LogP contribution is -2.46. The molecule has 3 aromatic rings. The summed E-state index contributed by atoms with van der Waals surface area (Å²) in [7, 11) is 3.26.